The molecule has 0 bridgehead atoms. The minimum absolute atomic E-state index is 0.00278. The van der Waals surface area contributed by atoms with E-state index in [1.165, 1.54) is 0 Å². The lowest BCUT2D eigenvalue weighted by molar-refractivity contribution is -0.192. The van der Waals surface area contributed by atoms with E-state index >= 15 is 0 Å². The summed E-state index contributed by atoms with van der Waals surface area (Å²) >= 11 is 0. The van der Waals surface area contributed by atoms with Crippen LogP contribution in [0, 0.1) is 0 Å². The van der Waals surface area contributed by atoms with Crippen LogP contribution in [-0.4, -0.2) is 48.0 Å². The highest BCUT2D eigenvalue weighted by molar-refractivity contribution is 5.73. The minimum Gasteiger partial charge on any atom is -0.480 e. The number of halogens is 3. The molecule has 90 valence electrons. The van der Waals surface area contributed by atoms with Gasteiger partial charge in [-0.15, -0.1) is 0 Å². The second-order valence-electron chi connectivity index (χ2n) is 2.16. The van der Waals surface area contributed by atoms with Crippen LogP contribution in [0.25, 0.3) is 0 Å². The fourth-order valence-corrected chi connectivity index (χ4v) is 0.297. The molecule has 0 saturated carbocycles. The van der Waals surface area contributed by atoms with Gasteiger partial charge in [0.05, 0.1) is 6.54 Å². The van der Waals surface area contributed by atoms with Gasteiger partial charge in [0.15, 0.2) is 0 Å². The number of nitrogens with one attached hydrogen (secondary N) is 1. The zero-order valence-corrected chi connectivity index (χ0v) is 7.54. The summed E-state index contributed by atoms with van der Waals surface area (Å²) in [6.07, 6.45) is -5.08. The number of carbonyl (C=O) groups is 2. The third-order valence-electron chi connectivity index (χ3n) is 0.840. The van der Waals surface area contributed by atoms with Gasteiger partial charge in [-0.2, -0.15) is 13.2 Å². The largest absolute Gasteiger partial charge is 0.490 e. The molecule has 9 heteroatoms. The molecule has 0 aromatic carbocycles. The zero-order valence-electron chi connectivity index (χ0n) is 7.54. The molecule has 0 aliphatic heterocycles. The number of nitrogens with two attached hydrogens (primary N) is 1. The minimum atomic E-state index is -5.08. The quantitative estimate of drug-likeness (QED) is 0.474. The molecule has 0 rings (SSSR count). The van der Waals surface area contributed by atoms with Gasteiger partial charge in [-0.3, -0.25) is 4.79 Å². The van der Waals surface area contributed by atoms with Crippen molar-refractivity contribution < 1.29 is 33.0 Å². The predicted octanol–water partition coefficient (Wildman–Crippen LogP) is -0.747. The fraction of sp³-hybridized carbons (Fsp3) is 0.667. The number of carboxylic acids is 2. The number of rotatable bonds is 4. The summed E-state index contributed by atoms with van der Waals surface area (Å²) in [6, 6.07) is 0. The van der Waals surface area contributed by atoms with Crippen molar-refractivity contribution in [1.82, 2.24) is 5.32 Å². The number of alkyl halides is 3. The van der Waals surface area contributed by atoms with Crippen LogP contribution in [-0.2, 0) is 9.59 Å². The molecular formula is C6H11F3N2O4. The van der Waals surface area contributed by atoms with Crippen molar-refractivity contribution in [3.63, 3.8) is 0 Å². The van der Waals surface area contributed by atoms with E-state index in [9.17, 15) is 18.0 Å². The smallest absolute Gasteiger partial charge is 0.480 e. The summed E-state index contributed by atoms with van der Waals surface area (Å²) in [5.41, 5.74) is 5.06. The highest BCUT2D eigenvalue weighted by Crippen LogP contribution is 2.13. The van der Waals surface area contributed by atoms with E-state index in [0.717, 1.165) is 0 Å². The number of carboxylic acid groups (broad SMARTS) is 2. The lowest BCUT2D eigenvalue weighted by Gasteiger charge is -1.94. The van der Waals surface area contributed by atoms with Gasteiger partial charge in [0, 0.05) is 13.1 Å². The standard InChI is InChI=1S/C4H10N2O2.C2HF3O2/c5-1-2-6-3-4(7)8;3-2(4,5)1(6)7/h6H,1-3,5H2,(H,7,8);(H,6,7). The van der Waals surface area contributed by atoms with E-state index in [2.05, 4.69) is 5.32 Å². The maximum atomic E-state index is 10.6. The van der Waals surface area contributed by atoms with Crippen LogP contribution in [0.15, 0.2) is 0 Å². The topological polar surface area (TPSA) is 113 Å². The van der Waals surface area contributed by atoms with Gasteiger partial charge in [-0.05, 0) is 0 Å². The van der Waals surface area contributed by atoms with E-state index in [4.69, 9.17) is 20.7 Å². The highest BCUT2D eigenvalue weighted by Gasteiger charge is 2.38. The molecular weight excluding hydrogens is 221 g/mol. The van der Waals surface area contributed by atoms with E-state index in [1.807, 2.05) is 0 Å². The van der Waals surface area contributed by atoms with Crippen molar-refractivity contribution in [3.8, 4) is 0 Å². The Morgan fingerprint density at radius 2 is 1.67 bits per heavy atom. The van der Waals surface area contributed by atoms with Gasteiger partial charge in [0.25, 0.3) is 0 Å². The summed E-state index contributed by atoms with van der Waals surface area (Å²) in [6.45, 7) is 1.04. The first-order chi connectivity index (χ1) is 6.71. The zero-order chi connectivity index (χ0) is 12.5. The molecule has 0 atom stereocenters. The van der Waals surface area contributed by atoms with Gasteiger partial charge < -0.3 is 21.3 Å². The van der Waals surface area contributed by atoms with Gasteiger partial charge in [0.1, 0.15) is 0 Å². The molecule has 0 heterocycles. The Morgan fingerprint density at radius 1 is 1.27 bits per heavy atom. The van der Waals surface area contributed by atoms with E-state index in [0.29, 0.717) is 13.1 Å². The summed E-state index contributed by atoms with van der Waals surface area (Å²) in [5.74, 6) is -3.61. The Hall–Kier alpha value is -1.35. The van der Waals surface area contributed by atoms with Crippen LogP contribution >= 0.6 is 0 Å². The number of hydrogen-bond donors (Lipinski definition) is 4. The average molecular weight is 232 g/mol. The lowest BCUT2D eigenvalue weighted by atomic mass is 10.6. The van der Waals surface area contributed by atoms with Crippen molar-refractivity contribution >= 4 is 11.9 Å². The molecule has 0 aliphatic rings. The maximum absolute atomic E-state index is 10.6. The first-order valence-electron chi connectivity index (χ1n) is 3.64. The van der Waals surface area contributed by atoms with E-state index in [1.54, 1.807) is 0 Å². The molecule has 0 unspecified atom stereocenters. The van der Waals surface area contributed by atoms with Crippen LogP contribution in [0.2, 0.25) is 0 Å². The van der Waals surface area contributed by atoms with Crippen LogP contribution < -0.4 is 11.1 Å². The SMILES string of the molecule is NCCNCC(=O)O.O=C(O)C(F)(F)F. The molecule has 0 fully saturated rings. The molecule has 0 amide bonds. The van der Waals surface area contributed by atoms with Crippen LogP contribution in [0.3, 0.4) is 0 Å². The van der Waals surface area contributed by atoms with Crippen molar-refractivity contribution in [1.29, 1.82) is 0 Å². The normalized spacial score (nSPS) is 10.1. The van der Waals surface area contributed by atoms with Crippen molar-refractivity contribution in [2.75, 3.05) is 19.6 Å². The van der Waals surface area contributed by atoms with Crippen molar-refractivity contribution in [2.45, 2.75) is 6.18 Å². The Labute approximate surface area is 82.9 Å². The Morgan fingerprint density at radius 3 is 1.87 bits per heavy atom. The monoisotopic (exact) mass is 232 g/mol. The summed E-state index contributed by atoms with van der Waals surface area (Å²) in [4.78, 5) is 18.7. The summed E-state index contributed by atoms with van der Waals surface area (Å²) in [5, 5.41) is 17.8. The molecule has 0 saturated heterocycles. The average Bonchev–Trinajstić information content (AvgIpc) is 2.03. The van der Waals surface area contributed by atoms with Crippen LogP contribution in [0.1, 0.15) is 0 Å². The van der Waals surface area contributed by atoms with Crippen LogP contribution in [0.5, 0.6) is 0 Å². The third kappa shape index (κ3) is 15.4. The molecule has 6 nitrogen and oxygen atoms in total. The van der Waals surface area contributed by atoms with E-state index in [-0.39, 0.29) is 6.54 Å². The van der Waals surface area contributed by atoms with Gasteiger partial charge >= 0.3 is 18.1 Å². The molecule has 0 radical (unpaired) electrons. The van der Waals surface area contributed by atoms with E-state index < -0.39 is 18.1 Å². The summed E-state index contributed by atoms with van der Waals surface area (Å²) in [7, 11) is 0. The first kappa shape index (κ1) is 16.1. The van der Waals surface area contributed by atoms with Gasteiger partial charge in [-0.25, -0.2) is 4.79 Å². The molecule has 0 aromatic heterocycles. The molecule has 15 heavy (non-hydrogen) atoms. The van der Waals surface area contributed by atoms with Crippen molar-refractivity contribution in [2.24, 2.45) is 5.73 Å². The lowest BCUT2D eigenvalue weighted by Crippen LogP contribution is -2.27. The molecule has 0 spiro atoms. The second-order valence-corrected chi connectivity index (χ2v) is 2.16. The molecule has 5 N–H and O–H groups in total. The highest BCUT2D eigenvalue weighted by atomic mass is 19.4. The van der Waals surface area contributed by atoms with Gasteiger partial charge in [0.2, 0.25) is 0 Å². The van der Waals surface area contributed by atoms with Gasteiger partial charge in [-0.1, -0.05) is 0 Å². The summed E-state index contributed by atoms with van der Waals surface area (Å²) < 4.78 is 31.7. The Bertz CT molecular complexity index is 207. The predicted molar refractivity (Wildman–Crippen MR) is 43.3 cm³/mol. The number of aliphatic carboxylic acids is 2. The first-order valence-corrected chi connectivity index (χ1v) is 3.64. The van der Waals surface area contributed by atoms with Crippen molar-refractivity contribution in [3.05, 3.63) is 0 Å². The second kappa shape index (κ2) is 8.00. The Balaban J connectivity index is 0. The number of hydrogen-bond acceptors (Lipinski definition) is 4. The molecule has 0 aromatic rings. The maximum Gasteiger partial charge on any atom is 0.490 e. The third-order valence-corrected chi connectivity index (χ3v) is 0.840. The van der Waals surface area contributed by atoms with Crippen LogP contribution in [0.4, 0.5) is 13.2 Å². The fourth-order valence-electron chi connectivity index (χ4n) is 0.297. The molecule has 0 aliphatic carbocycles. The Kier molecular flexibility index (Phi) is 8.58.